The van der Waals surface area contributed by atoms with Crippen molar-refractivity contribution in [3.05, 3.63) is 60.2 Å². The minimum absolute atomic E-state index is 0.101. The van der Waals surface area contributed by atoms with E-state index in [9.17, 15) is 13.2 Å². The van der Waals surface area contributed by atoms with E-state index in [1.165, 1.54) is 23.5 Å². The monoisotopic (exact) mass is 372 g/mol. The topological polar surface area (TPSA) is 57.7 Å². The quantitative estimate of drug-likeness (QED) is 0.827. The lowest BCUT2D eigenvalue weighted by Gasteiger charge is -2.31. The Morgan fingerprint density at radius 1 is 1.12 bits per heavy atom. The van der Waals surface area contributed by atoms with Crippen LogP contribution in [0.5, 0.6) is 0 Å². The molecule has 0 aromatic heterocycles. The maximum Gasteiger partial charge on any atom is 0.264 e. The smallest absolute Gasteiger partial charge is 0.264 e. The van der Waals surface area contributed by atoms with Crippen LogP contribution in [0, 0.1) is 5.92 Å². The van der Waals surface area contributed by atoms with Crippen molar-refractivity contribution in [1.29, 1.82) is 0 Å². The average Bonchev–Trinajstić information content (AvgIpc) is 2.67. The van der Waals surface area contributed by atoms with Crippen LogP contribution in [0.2, 0.25) is 0 Å². The Kier molecular flexibility index (Phi) is 5.32. The first-order chi connectivity index (χ1) is 12.4. The van der Waals surface area contributed by atoms with Crippen LogP contribution in [0.25, 0.3) is 0 Å². The van der Waals surface area contributed by atoms with Crippen LogP contribution in [0.1, 0.15) is 30.1 Å². The van der Waals surface area contributed by atoms with Crippen molar-refractivity contribution >= 4 is 21.6 Å². The van der Waals surface area contributed by atoms with Gasteiger partial charge in [-0.2, -0.15) is 0 Å². The number of sulfonamides is 1. The molecule has 1 saturated heterocycles. The molecule has 1 aliphatic rings. The molecule has 1 heterocycles. The van der Waals surface area contributed by atoms with Crippen LogP contribution in [0.3, 0.4) is 0 Å². The standard InChI is InChI=1S/C20H24N2O3S/c1-16-8-7-13-22(15-16)20(23)17-9-6-12-19(14-17)26(24,25)21(2)18-10-4-3-5-11-18/h3-6,9-12,14,16H,7-8,13,15H2,1-2H3/t16-/m1/s1. The number of rotatable bonds is 4. The molecular weight excluding hydrogens is 348 g/mol. The number of anilines is 1. The van der Waals surface area contributed by atoms with Gasteiger partial charge in [0, 0.05) is 25.7 Å². The molecule has 0 N–H and O–H groups in total. The summed E-state index contributed by atoms with van der Waals surface area (Å²) in [5, 5.41) is 0. The Morgan fingerprint density at radius 2 is 1.85 bits per heavy atom. The largest absolute Gasteiger partial charge is 0.338 e. The highest BCUT2D eigenvalue weighted by atomic mass is 32.2. The van der Waals surface area contributed by atoms with Gasteiger partial charge in [0.05, 0.1) is 10.6 Å². The fourth-order valence-electron chi connectivity index (χ4n) is 3.28. The highest BCUT2D eigenvalue weighted by molar-refractivity contribution is 7.92. The molecule has 138 valence electrons. The van der Waals surface area contributed by atoms with Crippen LogP contribution in [-0.2, 0) is 10.0 Å². The molecule has 3 rings (SSSR count). The number of nitrogens with zero attached hydrogens (tertiary/aromatic N) is 2. The van der Waals surface area contributed by atoms with Gasteiger partial charge in [-0.1, -0.05) is 31.2 Å². The SMILES string of the molecule is C[C@@H]1CCCN(C(=O)c2cccc(S(=O)(=O)N(C)c3ccccc3)c2)C1. The van der Waals surface area contributed by atoms with E-state index in [0.717, 1.165) is 25.9 Å². The van der Waals surface area contributed by atoms with Gasteiger partial charge in [-0.05, 0) is 49.1 Å². The minimum atomic E-state index is -3.73. The van der Waals surface area contributed by atoms with Crippen LogP contribution in [0.15, 0.2) is 59.5 Å². The molecule has 0 radical (unpaired) electrons. The van der Waals surface area contributed by atoms with Gasteiger partial charge in [0.2, 0.25) is 0 Å². The van der Waals surface area contributed by atoms with Crippen LogP contribution < -0.4 is 4.31 Å². The van der Waals surface area contributed by atoms with Crippen LogP contribution >= 0.6 is 0 Å². The van der Waals surface area contributed by atoms with E-state index < -0.39 is 10.0 Å². The van der Waals surface area contributed by atoms with Crippen molar-refractivity contribution in [1.82, 2.24) is 4.90 Å². The maximum absolute atomic E-state index is 12.9. The molecule has 0 bridgehead atoms. The van der Waals surface area contributed by atoms with E-state index in [1.54, 1.807) is 36.4 Å². The first-order valence-corrected chi connectivity index (χ1v) is 10.3. The Bertz CT molecular complexity index is 881. The number of amides is 1. The molecule has 1 fully saturated rings. The third kappa shape index (κ3) is 3.75. The third-order valence-electron chi connectivity index (χ3n) is 4.80. The van der Waals surface area contributed by atoms with E-state index in [1.807, 2.05) is 11.0 Å². The van der Waals surface area contributed by atoms with E-state index in [0.29, 0.717) is 17.2 Å². The summed E-state index contributed by atoms with van der Waals surface area (Å²) in [6.07, 6.45) is 2.11. The lowest BCUT2D eigenvalue weighted by molar-refractivity contribution is 0.0683. The average molecular weight is 372 g/mol. The van der Waals surface area contributed by atoms with Gasteiger partial charge in [0.1, 0.15) is 0 Å². The fraction of sp³-hybridized carbons (Fsp3) is 0.350. The predicted octanol–water partition coefficient (Wildman–Crippen LogP) is 3.38. The zero-order chi connectivity index (χ0) is 18.7. The normalized spacial score (nSPS) is 17.8. The van der Waals surface area contributed by atoms with Gasteiger partial charge in [0.15, 0.2) is 0 Å². The second kappa shape index (κ2) is 7.50. The second-order valence-electron chi connectivity index (χ2n) is 6.83. The lowest BCUT2D eigenvalue weighted by Crippen LogP contribution is -2.39. The summed E-state index contributed by atoms with van der Waals surface area (Å²) in [5.74, 6) is 0.375. The summed E-state index contributed by atoms with van der Waals surface area (Å²) in [7, 11) is -2.21. The molecule has 1 atom stereocenters. The summed E-state index contributed by atoms with van der Waals surface area (Å²) < 4.78 is 27.1. The van der Waals surface area contributed by atoms with Crippen molar-refractivity contribution in [3.63, 3.8) is 0 Å². The molecule has 26 heavy (non-hydrogen) atoms. The molecule has 0 aliphatic carbocycles. The highest BCUT2D eigenvalue weighted by Gasteiger charge is 2.25. The van der Waals surface area contributed by atoms with Gasteiger partial charge in [-0.25, -0.2) is 8.42 Å². The van der Waals surface area contributed by atoms with Crippen molar-refractivity contribution < 1.29 is 13.2 Å². The fourth-order valence-corrected chi connectivity index (χ4v) is 4.52. The summed E-state index contributed by atoms with van der Waals surface area (Å²) in [6, 6.07) is 15.2. The number of carbonyl (C=O) groups is 1. The summed E-state index contributed by atoms with van der Waals surface area (Å²) in [5.41, 5.74) is 0.996. The second-order valence-corrected chi connectivity index (χ2v) is 8.80. The number of para-hydroxylation sites is 1. The Morgan fingerprint density at radius 3 is 2.54 bits per heavy atom. The van der Waals surface area contributed by atoms with Crippen molar-refractivity contribution in [3.8, 4) is 0 Å². The van der Waals surface area contributed by atoms with Gasteiger partial charge in [0.25, 0.3) is 15.9 Å². The van der Waals surface area contributed by atoms with Crippen molar-refractivity contribution in [2.45, 2.75) is 24.7 Å². The number of piperidine rings is 1. The summed E-state index contributed by atoms with van der Waals surface area (Å²) in [6.45, 7) is 3.58. The van der Waals surface area contributed by atoms with Crippen molar-refractivity contribution in [2.24, 2.45) is 5.92 Å². The molecule has 5 nitrogen and oxygen atoms in total. The number of hydrogen-bond donors (Lipinski definition) is 0. The molecule has 2 aromatic carbocycles. The van der Waals surface area contributed by atoms with Gasteiger partial charge in [-0.3, -0.25) is 9.10 Å². The lowest BCUT2D eigenvalue weighted by atomic mass is 9.99. The predicted molar refractivity (Wildman–Crippen MR) is 103 cm³/mol. The third-order valence-corrected chi connectivity index (χ3v) is 6.58. The maximum atomic E-state index is 12.9. The van der Waals surface area contributed by atoms with E-state index in [2.05, 4.69) is 6.92 Å². The number of hydrogen-bond acceptors (Lipinski definition) is 3. The first-order valence-electron chi connectivity index (χ1n) is 8.83. The van der Waals surface area contributed by atoms with E-state index in [4.69, 9.17) is 0 Å². The number of likely N-dealkylation sites (tertiary alicyclic amines) is 1. The molecule has 1 aliphatic heterocycles. The molecular formula is C20H24N2O3S. The highest BCUT2D eigenvalue weighted by Crippen LogP contribution is 2.24. The molecule has 0 spiro atoms. The van der Waals surface area contributed by atoms with Gasteiger partial charge < -0.3 is 4.90 Å². The molecule has 2 aromatic rings. The zero-order valence-electron chi connectivity index (χ0n) is 15.1. The molecule has 6 heteroatoms. The Labute approximate surface area is 155 Å². The first kappa shape index (κ1) is 18.5. The van der Waals surface area contributed by atoms with Crippen molar-refractivity contribution in [2.75, 3.05) is 24.4 Å². The van der Waals surface area contributed by atoms with E-state index >= 15 is 0 Å². The Balaban J connectivity index is 1.88. The number of benzene rings is 2. The minimum Gasteiger partial charge on any atom is -0.338 e. The molecule has 1 amide bonds. The number of carbonyl (C=O) groups excluding carboxylic acids is 1. The van der Waals surface area contributed by atoms with Gasteiger partial charge >= 0.3 is 0 Å². The van der Waals surface area contributed by atoms with Gasteiger partial charge in [-0.15, -0.1) is 0 Å². The zero-order valence-corrected chi connectivity index (χ0v) is 15.9. The van der Waals surface area contributed by atoms with Crippen LogP contribution in [-0.4, -0.2) is 39.4 Å². The summed E-state index contributed by atoms with van der Waals surface area (Å²) in [4.78, 5) is 14.7. The molecule has 0 unspecified atom stereocenters. The van der Waals surface area contributed by atoms with Crippen LogP contribution in [0.4, 0.5) is 5.69 Å². The van der Waals surface area contributed by atoms with E-state index in [-0.39, 0.29) is 10.8 Å². The summed E-state index contributed by atoms with van der Waals surface area (Å²) >= 11 is 0. The molecule has 0 saturated carbocycles. The Hall–Kier alpha value is -2.34.